The first-order chi connectivity index (χ1) is 12.0. The zero-order valence-corrected chi connectivity index (χ0v) is 15.3. The Morgan fingerprint density at radius 3 is 2.84 bits per heavy atom. The van der Waals surface area contributed by atoms with Crippen molar-refractivity contribution in [2.75, 3.05) is 10.6 Å². The van der Waals surface area contributed by atoms with Crippen molar-refractivity contribution in [3.05, 3.63) is 50.9 Å². The molecule has 0 spiro atoms. The fraction of sp³-hybridized carbons (Fsp3) is 0.118. The molecule has 0 saturated carbocycles. The third kappa shape index (κ3) is 2.71. The lowest BCUT2D eigenvalue weighted by molar-refractivity contribution is 0.583. The molecule has 0 radical (unpaired) electrons. The third-order valence-corrected chi connectivity index (χ3v) is 5.72. The van der Waals surface area contributed by atoms with Crippen molar-refractivity contribution in [2.24, 2.45) is 4.99 Å². The average molecular weight is 388 g/mol. The number of fused-ring (bicyclic) bond motifs is 3. The third-order valence-electron chi connectivity index (χ3n) is 3.99. The van der Waals surface area contributed by atoms with Crippen LogP contribution < -0.4 is 10.6 Å². The van der Waals surface area contributed by atoms with Crippen molar-refractivity contribution < 1.29 is 0 Å². The molecule has 4 rings (SSSR count). The molecule has 25 heavy (non-hydrogen) atoms. The summed E-state index contributed by atoms with van der Waals surface area (Å²) in [6.07, 6.45) is 1.66. The summed E-state index contributed by atoms with van der Waals surface area (Å²) < 4.78 is 0.925. The van der Waals surface area contributed by atoms with Crippen LogP contribution in [-0.2, 0) is 5.66 Å². The summed E-state index contributed by atoms with van der Waals surface area (Å²) in [7, 11) is 0. The Labute approximate surface area is 157 Å². The number of thiazole rings is 1. The van der Waals surface area contributed by atoms with E-state index in [-0.39, 0.29) is 0 Å². The number of hydrogen-bond acceptors (Lipinski definition) is 6. The highest BCUT2D eigenvalue weighted by atomic mass is 35.5. The average Bonchev–Trinajstić information content (AvgIpc) is 3.01. The molecule has 2 heterocycles. The van der Waals surface area contributed by atoms with Crippen LogP contribution in [0, 0.1) is 11.3 Å². The summed E-state index contributed by atoms with van der Waals surface area (Å²) in [6.45, 7) is 1.97. The van der Waals surface area contributed by atoms with Gasteiger partial charge in [0.15, 0.2) is 10.7 Å². The van der Waals surface area contributed by atoms with E-state index in [9.17, 15) is 5.26 Å². The Morgan fingerprint density at radius 2 is 2.08 bits per heavy atom. The summed E-state index contributed by atoms with van der Waals surface area (Å²) in [5.74, 6) is 0. The Bertz CT molecular complexity index is 1070. The summed E-state index contributed by atoms with van der Waals surface area (Å²) in [6, 6.07) is 11.3. The quantitative estimate of drug-likeness (QED) is 0.632. The SMILES string of the molecule is CC1(Nc2ccc(Cl)c(Cl)c2)N=CNc2ccc3nc(C#N)sc3c21. The zero-order valence-electron chi connectivity index (χ0n) is 13.0. The Hall–Kier alpha value is -2.33. The van der Waals surface area contributed by atoms with Gasteiger partial charge in [-0.25, -0.2) is 9.98 Å². The zero-order chi connectivity index (χ0) is 17.6. The van der Waals surface area contributed by atoms with Crippen molar-refractivity contribution in [1.29, 1.82) is 5.26 Å². The van der Waals surface area contributed by atoms with E-state index in [1.165, 1.54) is 11.3 Å². The lowest BCUT2D eigenvalue weighted by atomic mass is 9.97. The minimum absolute atomic E-state index is 0.426. The molecule has 0 amide bonds. The molecule has 0 aliphatic carbocycles. The lowest BCUT2D eigenvalue weighted by Gasteiger charge is -2.33. The molecule has 5 nitrogen and oxygen atoms in total. The van der Waals surface area contributed by atoms with Crippen LogP contribution in [-0.4, -0.2) is 11.3 Å². The van der Waals surface area contributed by atoms with Crippen LogP contribution >= 0.6 is 34.5 Å². The second-order valence-electron chi connectivity index (χ2n) is 5.70. The van der Waals surface area contributed by atoms with Gasteiger partial charge >= 0.3 is 0 Å². The molecule has 1 aliphatic heterocycles. The summed E-state index contributed by atoms with van der Waals surface area (Å²) in [5.41, 5.74) is 2.70. The molecule has 2 N–H and O–H groups in total. The van der Waals surface area contributed by atoms with E-state index in [0.717, 1.165) is 27.2 Å². The molecule has 3 aromatic rings. The molecular weight excluding hydrogens is 377 g/mol. The number of nitrogens with zero attached hydrogens (tertiary/aromatic N) is 3. The van der Waals surface area contributed by atoms with Gasteiger partial charge in [0.05, 0.1) is 26.6 Å². The molecule has 1 unspecified atom stereocenters. The Balaban J connectivity index is 1.87. The van der Waals surface area contributed by atoms with Crippen molar-refractivity contribution in [3.63, 3.8) is 0 Å². The van der Waals surface area contributed by atoms with Gasteiger partial charge in [0.1, 0.15) is 6.07 Å². The number of nitrogens with one attached hydrogen (secondary N) is 2. The van der Waals surface area contributed by atoms with Gasteiger partial charge in [0.25, 0.3) is 0 Å². The molecular formula is C17H11Cl2N5S. The second kappa shape index (κ2) is 5.88. The predicted molar refractivity (Wildman–Crippen MR) is 104 cm³/mol. The van der Waals surface area contributed by atoms with E-state index in [2.05, 4.69) is 26.7 Å². The first-order valence-electron chi connectivity index (χ1n) is 7.38. The summed E-state index contributed by atoms with van der Waals surface area (Å²) in [4.78, 5) is 8.96. The molecule has 0 bridgehead atoms. The number of anilines is 2. The minimum atomic E-state index is -0.740. The van der Waals surface area contributed by atoms with Crippen molar-refractivity contribution in [3.8, 4) is 6.07 Å². The molecule has 0 fully saturated rings. The van der Waals surface area contributed by atoms with Crippen LogP contribution in [0.15, 0.2) is 35.3 Å². The monoisotopic (exact) mass is 387 g/mol. The van der Waals surface area contributed by atoms with Crippen molar-refractivity contribution in [1.82, 2.24) is 4.98 Å². The summed E-state index contributed by atoms with van der Waals surface area (Å²) >= 11 is 13.5. The van der Waals surface area contributed by atoms with Crippen molar-refractivity contribution >= 4 is 62.5 Å². The summed E-state index contributed by atoms with van der Waals surface area (Å²) in [5, 5.41) is 17.1. The van der Waals surface area contributed by atoms with Crippen molar-refractivity contribution in [2.45, 2.75) is 12.6 Å². The molecule has 8 heteroatoms. The predicted octanol–water partition coefficient (Wildman–Crippen LogP) is 5.21. The first kappa shape index (κ1) is 16.2. The van der Waals surface area contributed by atoms with E-state index >= 15 is 0 Å². The maximum absolute atomic E-state index is 9.17. The van der Waals surface area contributed by atoms with Gasteiger partial charge in [-0.05, 0) is 37.3 Å². The van der Waals surface area contributed by atoms with E-state index in [1.807, 2.05) is 25.1 Å². The van der Waals surface area contributed by atoms with Crippen LogP contribution in [0.2, 0.25) is 10.0 Å². The fourth-order valence-corrected chi connectivity index (χ4v) is 4.20. The topological polar surface area (TPSA) is 73.1 Å². The maximum Gasteiger partial charge on any atom is 0.195 e. The molecule has 124 valence electrons. The Morgan fingerprint density at radius 1 is 1.24 bits per heavy atom. The highest BCUT2D eigenvalue weighted by molar-refractivity contribution is 7.19. The maximum atomic E-state index is 9.17. The van der Waals surface area contributed by atoms with Gasteiger partial charge in [-0.3, -0.25) is 0 Å². The van der Waals surface area contributed by atoms with Crippen LogP contribution in [0.1, 0.15) is 17.5 Å². The van der Waals surface area contributed by atoms with E-state index < -0.39 is 5.66 Å². The van der Waals surface area contributed by atoms with Crippen LogP contribution in [0.25, 0.3) is 10.2 Å². The largest absolute Gasteiger partial charge is 0.358 e. The van der Waals surface area contributed by atoms with Gasteiger partial charge in [0.2, 0.25) is 0 Å². The highest BCUT2D eigenvalue weighted by Crippen LogP contribution is 2.42. The number of hydrogen-bond donors (Lipinski definition) is 2. The first-order valence-corrected chi connectivity index (χ1v) is 8.95. The highest BCUT2D eigenvalue weighted by Gasteiger charge is 2.33. The molecule has 1 atom stereocenters. The smallest absolute Gasteiger partial charge is 0.195 e. The van der Waals surface area contributed by atoms with Gasteiger partial charge in [-0.1, -0.05) is 23.2 Å². The fourth-order valence-electron chi connectivity index (χ4n) is 2.89. The minimum Gasteiger partial charge on any atom is -0.358 e. The van der Waals surface area contributed by atoms with Gasteiger partial charge in [-0.2, -0.15) is 5.26 Å². The van der Waals surface area contributed by atoms with Crippen LogP contribution in [0.3, 0.4) is 0 Å². The molecule has 0 saturated heterocycles. The van der Waals surface area contributed by atoms with Gasteiger partial charge < -0.3 is 10.6 Å². The number of aliphatic imine (C=N–C) groups is 1. The number of rotatable bonds is 2. The van der Waals surface area contributed by atoms with E-state index in [4.69, 9.17) is 23.2 Å². The van der Waals surface area contributed by atoms with E-state index in [1.54, 1.807) is 18.5 Å². The number of halogens is 2. The van der Waals surface area contributed by atoms with Gasteiger partial charge in [0, 0.05) is 16.9 Å². The normalized spacial score (nSPS) is 18.5. The number of benzene rings is 2. The standard InChI is InChI=1S/C17H11Cl2N5S/c1-17(24-9-2-3-10(18)11(19)6-9)15-12(21-8-22-17)4-5-13-16(15)25-14(7-20)23-13/h2-6,8,24H,1H3,(H,21,22). The molecule has 1 aliphatic rings. The second-order valence-corrected chi connectivity index (χ2v) is 7.51. The van der Waals surface area contributed by atoms with Crippen LogP contribution in [0.4, 0.5) is 11.4 Å². The number of nitriles is 1. The molecule has 1 aromatic heterocycles. The Kier molecular flexibility index (Phi) is 3.80. The van der Waals surface area contributed by atoms with Gasteiger partial charge in [-0.15, -0.1) is 11.3 Å². The van der Waals surface area contributed by atoms with E-state index in [0.29, 0.717) is 15.1 Å². The number of aromatic nitrogens is 1. The van der Waals surface area contributed by atoms with Crippen LogP contribution in [0.5, 0.6) is 0 Å². The lowest BCUT2D eigenvalue weighted by Crippen LogP contribution is -2.34. The molecule has 2 aromatic carbocycles.